The lowest BCUT2D eigenvalue weighted by Crippen LogP contribution is -1.83. The molecule has 72 valence electrons. The van der Waals surface area contributed by atoms with Gasteiger partial charge in [-0.3, -0.25) is 4.98 Å². The molecular weight excluding hydrogens is 353 g/mol. The Bertz CT molecular complexity index is 514. The SMILES string of the molecule is Clc1cc(Cl)c2ncc(Br)c(Br)c2c1. The molecule has 0 aliphatic carbocycles. The lowest BCUT2D eigenvalue weighted by molar-refractivity contribution is 1.38. The van der Waals surface area contributed by atoms with Gasteiger partial charge in [0.05, 0.1) is 15.0 Å². The molecule has 0 aliphatic rings. The van der Waals surface area contributed by atoms with E-state index in [2.05, 4.69) is 36.8 Å². The molecule has 0 N–H and O–H groups in total. The minimum Gasteiger partial charge on any atom is -0.253 e. The van der Waals surface area contributed by atoms with Gasteiger partial charge in [0.2, 0.25) is 0 Å². The van der Waals surface area contributed by atoms with Crippen molar-refractivity contribution in [2.45, 2.75) is 0 Å². The van der Waals surface area contributed by atoms with Gasteiger partial charge in [-0.05, 0) is 44.0 Å². The molecule has 1 aromatic carbocycles. The van der Waals surface area contributed by atoms with Gasteiger partial charge in [0.1, 0.15) is 0 Å². The summed E-state index contributed by atoms with van der Waals surface area (Å²) in [6, 6.07) is 3.50. The number of hydrogen-bond donors (Lipinski definition) is 0. The predicted molar refractivity (Wildman–Crippen MR) is 67.2 cm³/mol. The Kier molecular flexibility index (Phi) is 3.03. The molecular formula is C9H3Br2Cl2N. The first-order chi connectivity index (χ1) is 6.59. The molecule has 2 aromatic rings. The highest BCUT2D eigenvalue weighted by Gasteiger charge is 2.08. The van der Waals surface area contributed by atoms with E-state index in [1.165, 1.54) is 0 Å². The summed E-state index contributed by atoms with van der Waals surface area (Å²) in [5.41, 5.74) is 0.742. The Morgan fingerprint density at radius 1 is 1.14 bits per heavy atom. The van der Waals surface area contributed by atoms with E-state index in [1.807, 2.05) is 6.07 Å². The van der Waals surface area contributed by atoms with E-state index in [0.717, 1.165) is 19.8 Å². The lowest BCUT2D eigenvalue weighted by atomic mass is 10.2. The smallest absolute Gasteiger partial charge is 0.0901 e. The van der Waals surface area contributed by atoms with Crippen molar-refractivity contribution in [2.75, 3.05) is 0 Å². The van der Waals surface area contributed by atoms with E-state index in [-0.39, 0.29) is 0 Å². The maximum atomic E-state index is 6.00. The fourth-order valence-corrected chi connectivity index (χ4v) is 2.43. The van der Waals surface area contributed by atoms with Gasteiger partial charge in [0.25, 0.3) is 0 Å². The first-order valence-electron chi connectivity index (χ1n) is 3.68. The zero-order chi connectivity index (χ0) is 10.3. The first kappa shape index (κ1) is 10.7. The molecule has 0 atom stereocenters. The van der Waals surface area contributed by atoms with Crippen LogP contribution < -0.4 is 0 Å². The molecule has 0 bridgehead atoms. The van der Waals surface area contributed by atoms with Crippen molar-refractivity contribution >= 4 is 66.0 Å². The number of nitrogens with zero attached hydrogens (tertiary/aromatic N) is 1. The Hall–Kier alpha value is 0.170. The van der Waals surface area contributed by atoms with Gasteiger partial charge in [-0.1, -0.05) is 23.2 Å². The summed E-state index contributed by atoms with van der Waals surface area (Å²) in [5.74, 6) is 0. The molecule has 0 radical (unpaired) electrons. The van der Waals surface area contributed by atoms with Gasteiger partial charge in [-0.2, -0.15) is 0 Å². The number of rotatable bonds is 0. The minimum absolute atomic E-state index is 0.556. The second-order valence-electron chi connectivity index (χ2n) is 2.70. The molecule has 0 saturated heterocycles. The Labute approximate surface area is 108 Å². The van der Waals surface area contributed by atoms with E-state index in [1.54, 1.807) is 12.3 Å². The molecule has 1 nitrogen and oxygen atoms in total. The van der Waals surface area contributed by atoms with Crippen molar-refractivity contribution < 1.29 is 0 Å². The van der Waals surface area contributed by atoms with E-state index < -0.39 is 0 Å². The third-order valence-electron chi connectivity index (χ3n) is 1.78. The summed E-state index contributed by atoms with van der Waals surface area (Å²) in [5, 5.41) is 2.06. The van der Waals surface area contributed by atoms with Crippen molar-refractivity contribution in [1.29, 1.82) is 0 Å². The Balaban J connectivity index is 2.95. The molecule has 0 spiro atoms. The average molecular weight is 356 g/mol. The second kappa shape index (κ2) is 3.97. The van der Waals surface area contributed by atoms with Gasteiger partial charge in [0.15, 0.2) is 0 Å². The molecule has 1 heterocycles. The summed E-state index contributed by atoms with van der Waals surface area (Å²) in [6.45, 7) is 0. The highest BCUT2D eigenvalue weighted by atomic mass is 79.9. The summed E-state index contributed by atoms with van der Waals surface area (Å²) in [4.78, 5) is 4.21. The van der Waals surface area contributed by atoms with Crippen LogP contribution in [0.4, 0.5) is 0 Å². The van der Waals surface area contributed by atoms with Crippen LogP contribution in [-0.2, 0) is 0 Å². The molecule has 0 amide bonds. The van der Waals surface area contributed by atoms with Crippen LogP contribution in [0.5, 0.6) is 0 Å². The zero-order valence-electron chi connectivity index (χ0n) is 6.69. The third kappa shape index (κ3) is 1.78. The maximum absolute atomic E-state index is 6.00. The number of fused-ring (bicyclic) bond motifs is 1. The first-order valence-corrected chi connectivity index (χ1v) is 6.02. The van der Waals surface area contributed by atoms with Crippen LogP contribution in [0, 0.1) is 0 Å². The van der Waals surface area contributed by atoms with E-state index >= 15 is 0 Å². The fourth-order valence-electron chi connectivity index (χ4n) is 1.17. The van der Waals surface area contributed by atoms with Crippen molar-refractivity contribution in [3.63, 3.8) is 0 Å². The van der Waals surface area contributed by atoms with Crippen molar-refractivity contribution in [3.8, 4) is 0 Å². The van der Waals surface area contributed by atoms with Gasteiger partial charge >= 0.3 is 0 Å². The van der Waals surface area contributed by atoms with Crippen LogP contribution in [0.3, 0.4) is 0 Å². The number of hydrogen-bond acceptors (Lipinski definition) is 1. The van der Waals surface area contributed by atoms with E-state index in [4.69, 9.17) is 23.2 Å². The predicted octanol–water partition coefficient (Wildman–Crippen LogP) is 5.07. The zero-order valence-corrected chi connectivity index (χ0v) is 11.4. The highest BCUT2D eigenvalue weighted by molar-refractivity contribution is 9.13. The second-order valence-corrected chi connectivity index (χ2v) is 5.19. The highest BCUT2D eigenvalue weighted by Crippen LogP contribution is 2.34. The van der Waals surface area contributed by atoms with Gasteiger partial charge in [0, 0.05) is 21.1 Å². The largest absolute Gasteiger partial charge is 0.253 e. The molecule has 0 fully saturated rings. The summed E-state index contributed by atoms with van der Waals surface area (Å²) >= 11 is 18.7. The quantitative estimate of drug-likeness (QED) is 0.643. The maximum Gasteiger partial charge on any atom is 0.0901 e. The van der Waals surface area contributed by atoms with Crippen molar-refractivity contribution in [2.24, 2.45) is 0 Å². The van der Waals surface area contributed by atoms with Crippen LogP contribution >= 0.6 is 55.1 Å². The van der Waals surface area contributed by atoms with Crippen LogP contribution in [-0.4, -0.2) is 4.98 Å². The Morgan fingerprint density at radius 2 is 1.86 bits per heavy atom. The number of aromatic nitrogens is 1. The van der Waals surface area contributed by atoms with Gasteiger partial charge in [-0.15, -0.1) is 0 Å². The Morgan fingerprint density at radius 3 is 2.57 bits per heavy atom. The molecule has 14 heavy (non-hydrogen) atoms. The molecule has 0 saturated carbocycles. The number of halogens is 4. The topological polar surface area (TPSA) is 12.9 Å². The fraction of sp³-hybridized carbons (Fsp3) is 0. The monoisotopic (exact) mass is 353 g/mol. The molecule has 0 unspecified atom stereocenters. The van der Waals surface area contributed by atoms with Crippen LogP contribution in [0.2, 0.25) is 10.0 Å². The van der Waals surface area contributed by atoms with Gasteiger partial charge in [-0.25, -0.2) is 0 Å². The average Bonchev–Trinajstić information content (AvgIpc) is 2.12. The summed E-state index contributed by atoms with van der Waals surface area (Å²) in [6.07, 6.45) is 1.70. The van der Waals surface area contributed by atoms with Crippen LogP contribution in [0.15, 0.2) is 27.3 Å². The lowest BCUT2D eigenvalue weighted by Gasteiger charge is -2.04. The van der Waals surface area contributed by atoms with Crippen LogP contribution in [0.1, 0.15) is 0 Å². The molecule has 0 aliphatic heterocycles. The van der Waals surface area contributed by atoms with E-state index in [0.29, 0.717) is 10.0 Å². The van der Waals surface area contributed by atoms with E-state index in [9.17, 15) is 0 Å². The standard InChI is InChI=1S/C9H3Br2Cl2N/c10-6-3-14-9-5(8(6)11)1-4(12)2-7(9)13/h1-3H. The van der Waals surface area contributed by atoms with Crippen molar-refractivity contribution in [1.82, 2.24) is 4.98 Å². The third-order valence-corrected chi connectivity index (χ3v) is 4.28. The molecule has 5 heteroatoms. The minimum atomic E-state index is 0.556. The normalized spacial score (nSPS) is 10.9. The number of benzene rings is 1. The van der Waals surface area contributed by atoms with Crippen LogP contribution in [0.25, 0.3) is 10.9 Å². The summed E-state index contributed by atoms with van der Waals surface area (Å²) in [7, 11) is 0. The van der Waals surface area contributed by atoms with Gasteiger partial charge < -0.3 is 0 Å². The summed E-state index contributed by atoms with van der Waals surface area (Å²) < 4.78 is 1.79. The van der Waals surface area contributed by atoms with Crippen molar-refractivity contribution in [3.05, 3.63) is 37.3 Å². The molecule has 1 aromatic heterocycles. The molecule has 2 rings (SSSR count). The number of pyridine rings is 1.